The van der Waals surface area contributed by atoms with E-state index in [-0.39, 0.29) is 11.9 Å². The summed E-state index contributed by atoms with van der Waals surface area (Å²) in [6.45, 7) is 7.40. The lowest BCUT2D eigenvalue weighted by molar-refractivity contribution is 0.0496. The van der Waals surface area contributed by atoms with Gasteiger partial charge in [0.05, 0.1) is 17.3 Å². The molecular weight excluding hydrogens is 266 g/mol. The first-order chi connectivity index (χ1) is 10.1. The van der Waals surface area contributed by atoms with E-state index in [0.717, 1.165) is 23.6 Å². The van der Waals surface area contributed by atoms with Gasteiger partial charge in [0.2, 0.25) is 0 Å². The van der Waals surface area contributed by atoms with Crippen LogP contribution in [0.25, 0.3) is 0 Å². The molecule has 1 aliphatic heterocycles. The van der Waals surface area contributed by atoms with Crippen LogP contribution in [0.1, 0.15) is 40.5 Å². The van der Waals surface area contributed by atoms with Crippen molar-refractivity contribution in [3.8, 4) is 0 Å². The maximum absolute atomic E-state index is 12.3. The van der Waals surface area contributed by atoms with Gasteiger partial charge >= 0.3 is 0 Å². The van der Waals surface area contributed by atoms with Crippen molar-refractivity contribution in [3.63, 3.8) is 0 Å². The largest absolute Gasteiger partial charge is 0.334 e. The van der Waals surface area contributed by atoms with Gasteiger partial charge in [-0.2, -0.15) is 5.10 Å². The third-order valence-corrected chi connectivity index (χ3v) is 3.81. The molecule has 0 aliphatic carbocycles. The molecule has 0 aromatic carbocycles. The summed E-state index contributed by atoms with van der Waals surface area (Å²) in [4.78, 5) is 22.5. The van der Waals surface area contributed by atoms with Gasteiger partial charge in [-0.1, -0.05) is 6.92 Å². The fourth-order valence-electron chi connectivity index (χ4n) is 2.62. The van der Waals surface area contributed by atoms with Crippen molar-refractivity contribution >= 4 is 5.91 Å². The quantitative estimate of drug-likeness (QED) is 0.858. The molecule has 0 saturated carbocycles. The summed E-state index contributed by atoms with van der Waals surface area (Å²) in [7, 11) is 0. The Hall–Kier alpha value is -2.24. The number of hydrogen-bond donors (Lipinski definition) is 0. The molecule has 1 amide bonds. The highest BCUT2D eigenvalue weighted by Crippen LogP contribution is 2.24. The van der Waals surface area contributed by atoms with E-state index in [2.05, 4.69) is 21.1 Å². The summed E-state index contributed by atoms with van der Waals surface area (Å²) >= 11 is 0. The van der Waals surface area contributed by atoms with Crippen molar-refractivity contribution in [2.24, 2.45) is 0 Å². The van der Waals surface area contributed by atoms with E-state index >= 15 is 0 Å². The molecule has 0 unspecified atom stereocenters. The summed E-state index contributed by atoms with van der Waals surface area (Å²) in [5, 5.41) is 4.48. The van der Waals surface area contributed by atoms with Gasteiger partial charge in [0.1, 0.15) is 5.82 Å². The Balaban J connectivity index is 1.65. The number of carbonyl (C=O) groups excluding carboxylic acids is 1. The van der Waals surface area contributed by atoms with Crippen LogP contribution in [0.15, 0.2) is 18.5 Å². The molecule has 3 heterocycles. The molecule has 6 heteroatoms. The number of rotatable bonds is 3. The first-order valence-corrected chi connectivity index (χ1v) is 7.21. The normalized spacial score (nSPS) is 15.1. The van der Waals surface area contributed by atoms with E-state index in [1.54, 1.807) is 12.4 Å². The Morgan fingerprint density at radius 1 is 1.29 bits per heavy atom. The SMILES string of the molecule is CCc1ncc(C(=O)N2CC(n3nc(C)cc3C)C2)cn1. The van der Waals surface area contributed by atoms with Crippen molar-refractivity contribution in [2.75, 3.05) is 13.1 Å². The Morgan fingerprint density at radius 2 is 1.95 bits per heavy atom. The van der Waals surface area contributed by atoms with Crippen molar-refractivity contribution in [3.05, 3.63) is 41.2 Å². The molecule has 110 valence electrons. The number of carbonyl (C=O) groups is 1. The van der Waals surface area contributed by atoms with Gasteiger partial charge in [-0.3, -0.25) is 9.48 Å². The third-order valence-electron chi connectivity index (χ3n) is 3.81. The number of amides is 1. The molecule has 0 N–H and O–H groups in total. The van der Waals surface area contributed by atoms with Gasteiger partial charge in [0, 0.05) is 37.6 Å². The lowest BCUT2D eigenvalue weighted by Gasteiger charge is -2.39. The Kier molecular flexibility index (Phi) is 3.45. The standard InChI is InChI=1S/C15H19N5O/c1-4-14-16-6-12(7-17-14)15(21)19-8-13(9-19)20-11(3)5-10(2)18-20/h5-7,13H,4,8-9H2,1-3H3. The van der Waals surface area contributed by atoms with E-state index in [4.69, 9.17) is 0 Å². The molecule has 1 aliphatic rings. The summed E-state index contributed by atoms with van der Waals surface area (Å²) in [5.41, 5.74) is 2.71. The van der Waals surface area contributed by atoms with Gasteiger partial charge in [0.25, 0.3) is 5.91 Å². The first kappa shape index (κ1) is 13.7. The monoisotopic (exact) mass is 285 g/mol. The van der Waals surface area contributed by atoms with E-state index < -0.39 is 0 Å². The summed E-state index contributed by atoms with van der Waals surface area (Å²) in [6, 6.07) is 2.33. The molecule has 3 rings (SSSR count). The van der Waals surface area contributed by atoms with Crippen LogP contribution in [0.3, 0.4) is 0 Å². The minimum absolute atomic E-state index is 0.00423. The van der Waals surface area contributed by atoms with E-state index in [0.29, 0.717) is 18.7 Å². The molecule has 0 atom stereocenters. The number of nitrogens with zero attached hydrogens (tertiary/aromatic N) is 5. The van der Waals surface area contributed by atoms with Gasteiger partial charge in [-0.05, 0) is 19.9 Å². The highest BCUT2D eigenvalue weighted by atomic mass is 16.2. The van der Waals surface area contributed by atoms with Gasteiger partial charge in [-0.25, -0.2) is 9.97 Å². The zero-order valence-corrected chi connectivity index (χ0v) is 12.6. The molecule has 0 bridgehead atoms. The Labute approximate surface area is 123 Å². The van der Waals surface area contributed by atoms with Gasteiger partial charge < -0.3 is 4.90 Å². The second-order valence-electron chi connectivity index (χ2n) is 5.48. The van der Waals surface area contributed by atoms with Crippen LogP contribution in [0.4, 0.5) is 0 Å². The lowest BCUT2D eigenvalue weighted by atomic mass is 10.1. The number of likely N-dealkylation sites (tertiary alicyclic amines) is 1. The van der Waals surface area contributed by atoms with E-state index in [1.807, 2.05) is 30.4 Å². The molecule has 1 fully saturated rings. The topological polar surface area (TPSA) is 63.9 Å². The van der Waals surface area contributed by atoms with Crippen LogP contribution in [0.2, 0.25) is 0 Å². The molecule has 2 aromatic heterocycles. The van der Waals surface area contributed by atoms with Gasteiger partial charge in [-0.15, -0.1) is 0 Å². The van der Waals surface area contributed by atoms with Crippen LogP contribution in [0.5, 0.6) is 0 Å². The predicted octanol–water partition coefficient (Wildman–Crippen LogP) is 1.55. The van der Waals surface area contributed by atoms with Crippen molar-refractivity contribution in [1.29, 1.82) is 0 Å². The first-order valence-electron chi connectivity index (χ1n) is 7.21. The molecule has 0 spiro atoms. The maximum Gasteiger partial charge on any atom is 0.257 e. The van der Waals surface area contributed by atoms with Crippen LogP contribution in [0, 0.1) is 13.8 Å². The zero-order valence-electron chi connectivity index (χ0n) is 12.6. The van der Waals surface area contributed by atoms with Crippen LogP contribution < -0.4 is 0 Å². The number of aromatic nitrogens is 4. The van der Waals surface area contributed by atoms with E-state index in [1.165, 1.54) is 0 Å². The van der Waals surface area contributed by atoms with Crippen LogP contribution in [-0.2, 0) is 6.42 Å². The Bertz CT molecular complexity index is 655. The second kappa shape index (κ2) is 5.27. The average molecular weight is 285 g/mol. The fraction of sp³-hybridized carbons (Fsp3) is 0.467. The predicted molar refractivity (Wildman–Crippen MR) is 78.1 cm³/mol. The average Bonchev–Trinajstić information content (AvgIpc) is 2.76. The molecule has 21 heavy (non-hydrogen) atoms. The molecule has 0 radical (unpaired) electrons. The molecule has 2 aromatic rings. The number of hydrogen-bond acceptors (Lipinski definition) is 4. The summed E-state index contributed by atoms with van der Waals surface area (Å²) < 4.78 is 2.01. The summed E-state index contributed by atoms with van der Waals surface area (Å²) in [6.07, 6.45) is 4.01. The number of aryl methyl sites for hydroxylation is 3. The molecular formula is C15H19N5O. The Morgan fingerprint density at radius 3 is 2.48 bits per heavy atom. The van der Waals surface area contributed by atoms with E-state index in [9.17, 15) is 4.79 Å². The fourth-order valence-corrected chi connectivity index (χ4v) is 2.62. The van der Waals surface area contributed by atoms with Crippen molar-refractivity contribution in [1.82, 2.24) is 24.6 Å². The zero-order chi connectivity index (χ0) is 15.0. The summed E-state index contributed by atoms with van der Waals surface area (Å²) in [5.74, 6) is 0.756. The van der Waals surface area contributed by atoms with Gasteiger partial charge in [0.15, 0.2) is 0 Å². The second-order valence-corrected chi connectivity index (χ2v) is 5.48. The van der Waals surface area contributed by atoms with Crippen molar-refractivity contribution in [2.45, 2.75) is 33.2 Å². The minimum atomic E-state index is -0.00423. The van der Waals surface area contributed by atoms with Crippen LogP contribution >= 0.6 is 0 Å². The third kappa shape index (κ3) is 2.53. The minimum Gasteiger partial charge on any atom is -0.334 e. The lowest BCUT2D eigenvalue weighted by Crippen LogP contribution is -2.51. The molecule has 1 saturated heterocycles. The maximum atomic E-state index is 12.3. The highest BCUT2D eigenvalue weighted by Gasteiger charge is 2.33. The highest BCUT2D eigenvalue weighted by molar-refractivity contribution is 5.94. The van der Waals surface area contributed by atoms with Crippen LogP contribution in [-0.4, -0.2) is 43.6 Å². The molecule has 6 nitrogen and oxygen atoms in total. The smallest absolute Gasteiger partial charge is 0.257 e. The van der Waals surface area contributed by atoms with Crippen molar-refractivity contribution < 1.29 is 4.79 Å².